The first-order valence-corrected chi connectivity index (χ1v) is 8.88. The molecule has 2 rings (SSSR count). The van der Waals surface area contributed by atoms with Crippen LogP contribution in [0.2, 0.25) is 0 Å². The number of nitrogens with zero attached hydrogens (tertiary/aromatic N) is 2. The Labute approximate surface area is 138 Å². The largest absolute Gasteiger partial charge is 0.393 e. The summed E-state index contributed by atoms with van der Waals surface area (Å²) < 4.78 is 38.6. The molecule has 3 nitrogen and oxygen atoms in total. The number of hydrogen-bond acceptors (Lipinski definition) is 2. The highest BCUT2D eigenvalue weighted by atomic mass is 19.4. The van der Waals surface area contributed by atoms with Crippen molar-refractivity contribution >= 4 is 5.91 Å². The maximum Gasteiger partial charge on any atom is 0.393 e. The zero-order valence-corrected chi connectivity index (χ0v) is 14.8. The van der Waals surface area contributed by atoms with Crippen molar-refractivity contribution in [2.24, 2.45) is 11.8 Å². The van der Waals surface area contributed by atoms with Crippen LogP contribution >= 0.6 is 0 Å². The van der Waals surface area contributed by atoms with Crippen molar-refractivity contribution < 1.29 is 18.0 Å². The van der Waals surface area contributed by atoms with Crippen LogP contribution in [0.3, 0.4) is 0 Å². The molecule has 2 aliphatic rings. The maximum atomic E-state index is 12.9. The van der Waals surface area contributed by atoms with E-state index in [-0.39, 0.29) is 30.8 Å². The quantitative estimate of drug-likeness (QED) is 0.763. The number of carbonyl (C=O) groups excluding carboxylic acids is 1. The number of hydrogen-bond donors (Lipinski definition) is 0. The molecular weight excluding hydrogens is 305 g/mol. The first-order chi connectivity index (χ1) is 10.8. The molecule has 136 valence electrons. The fourth-order valence-electron chi connectivity index (χ4n) is 3.42. The highest BCUT2D eigenvalue weighted by Crippen LogP contribution is 2.34. The maximum absolute atomic E-state index is 12.9. The molecule has 0 aromatic rings. The van der Waals surface area contributed by atoms with Gasteiger partial charge in [0.05, 0.1) is 5.92 Å². The van der Waals surface area contributed by atoms with Gasteiger partial charge in [0, 0.05) is 31.6 Å². The molecule has 0 aromatic carbocycles. The van der Waals surface area contributed by atoms with Gasteiger partial charge in [-0.25, -0.2) is 0 Å². The van der Waals surface area contributed by atoms with Crippen LogP contribution < -0.4 is 0 Å². The molecule has 0 saturated carbocycles. The van der Waals surface area contributed by atoms with E-state index in [9.17, 15) is 18.0 Å². The Bertz CT molecular complexity index is 363. The third kappa shape index (κ3) is 5.66. The van der Waals surface area contributed by atoms with Gasteiger partial charge in [-0.2, -0.15) is 13.2 Å². The molecule has 1 amide bonds. The second kappa shape index (κ2) is 8.90. The summed E-state index contributed by atoms with van der Waals surface area (Å²) in [6.45, 7) is 10.0. The second-order valence-electron chi connectivity index (χ2n) is 6.59. The fourth-order valence-corrected chi connectivity index (χ4v) is 3.42. The number of amides is 1. The van der Waals surface area contributed by atoms with Gasteiger partial charge < -0.3 is 4.90 Å². The van der Waals surface area contributed by atoms with Crippen LogP contribution in [0.1, 0.15) is 53.4 Å². The van der Waals surface area contributed by atoms with Crippen LogP contribution in [0, 0.1) is 11.8 Å². The van der Waals surface area contributed by atoms with E-state index >= 15 is 0 Å². The standard InChI is InChI=1S/C15H25F3N2O.C2H6/c1-11(2)14(21)19-8-5-13(6-9-19)20-7-3-4-12(10-20)15(16,17)18;1-2/h11-13H,3-10H2,1-2H3;1-2H3. The lowest BCUT2D eigenvalue weighted by molar-refractivity contribution is -0.189. The fraction of sp³-hybridized carbons (Fsp3) is 0.941. The summed E-state index contributed by atoms with van der Waals surface area (Å²) in [6.07, 6.45) is -1.61. The van der Waals surface area contributed by atoms with E-state index in [0.29, 0.717) is 19.5 Å². The van der Waals surface area contributed by atoms with E-state index in [1.165, 1.54) is 0 Å². The monoisotopic (exact) mass is 336 g/mol. The van der Waals surface area contributed by atoms with Crippen LogP contribution in [-0.4, -0.2) is 54.1 Å². The van der Waals surface area contributed by atoms with Gasteiger partial charge in [0.1, 0.15) is 0 Å². The lowest BCUT2D eigenvalue weighted by Gasteiger charge is -2.42. The number of rotatable bonds is 2. The van der Waals surface area contributed by atoms with Gasteiger partial charge in [-0.05, 0) is 32.2 Å². The first kappa shape index (κ1) is 20.3. The Balaban J connectivity index is 0.00000127. The highest BCUT2D eigenvalue weighted by molar-refractivity contribution is 5.78. The van der Waals surface area contributed by atoms with Gasteiger partial charge in [0.2, 0.25) is 5.91 Å². The van der Waals surface area contributed by atoms with Crippen LogP contribution in [0.15, 0.2) is 0 Å². The molecule has 0 spiro atoms. The molecule has 0 aliphatic carbocycles. The van der Waals surface area contributed by atoms with E-state index < -0.39 is 12.1 Å². The van der Waals surface area contributed by atoms with E-state index in [1.807, 2.05) is 37.5 Å². The number of carbonyl (C=O) groups is 1. The molecule has 2 aliphatic heterocycles. The zero-order chi connectivity index (χ0) is 17.6. The van der Waals surface area contributed by atoms with Crippen molar-refractivity contribution in [1.82, 2.24) is 9.80 Å². The third-order valence-electron chi connectivity index (χ3n) is 4.70. The van der Waals surface area contributed by atoms with E-state index in [4.69, 9.17) is 0 Å². The summed E-state index contributed by atoms with van der Waals surface area (Å²) in [7, 11) is 0. The van der Waals surface area contributed by atoms with E-state index in [2.05, 4.69) is 0 Å². The minimum Gasteiger partial charge on any atom is -0.342 e. The molecule has 0 bridgehead atoms. The molecule has 2 saturated heterocycles. The normalized spacial score (nSPS) is 24.3. The summed E-state index contributed by atoms with van der Waals surface area (Å²) in [4.78, 5) is 15.8. The lowest BCUT2D eigenvalue weighted by atomic mass is 9.93. The number of likely N-dealkylation sites (tertiary alicyclic amines) is 2. The van der Waals surface area contributed by atoms with Crippen LogP contribution in [-0.2, 0) is 4.79 Å². The Kier molecular flexibility index (Phi) is 7.84. The predicted octanol–water partition coefficient (Wildman–Crippen LogP) is 3.93. The van der Waals surface area contributed by atoms with Gasteiger partial charge >= 0.3 is 6.18 Å². The van der Waals surface area contributed by atoms with Gasteiger partial charge in [-0.3, -0.25) is 9.69 Å². The molecule has 2 fully saturated rings. The third-order valence-corrected chi connectivity index (χ3v) is 4.70. The molecule has 2 heterocycles. The molecule has 1 atom stereocenters. The SMILES string of the molecule is CC.CC(C)C(=O)N1CCC(N2CCCC(C(F)(F)F)C2)CC1. The topological polar surface area (TPSA) is 23.6 Å². The minimum atomic E-state index is -4.08. The van der Waals surface area contributed by atoms with E-state index in [1.54, 1.807) is 0 Å². The smallest absolute Gasteiger partial charge is 0.342 e. The Morgan fingerprint density at radius 2 is 1.61 bits per heavy atom. The van der Waals surface area contributed by atoms with Crippen LogP contribution in [0.4, 0.5) is 13.2 Å². The van der Waals surface area contributed by atoms with Crippen molar-refractivity contribution in [2.75, 3.05) is 26.2 Å². The molecule has 0 aromatic heterocycles. The Hall–Kier alpha value is -0.780. The average molecular weight is 336 g/mol. The first-order valence-electron chi connectivity index (χ1n) is 8.88. The van der Waals surface area contributed by atoms with Crippen molar-refractivity contribution in [3.8, 4) is 0 Å². The molecular formula is C17H31F3N2O. The number of piperidine rings is 2. The molecule has 1 unspecified atom stereocenters. The average Bonchev–Trinajstić information content (AvgIpc) is 2.55. The lowest BCUT2D eigenvalue weighted by Crippen LogP contribution is -2.51. The van der Waals surface area contributed by atoms with Crippen LogP contribution in [0.25, 0.3) is 0 Å². The summed E-state index contributed by atoms with van der Waals surface area (Å²) in [5.74, 6) is -1.03. The molecule has 0 N–H and O–H groups in total. The van der Waals surface area contributed by atoms with E-state index in [0.717, 1.165) is 19.4 Å². The van der Waals surface area contributed by atoms with Gasteiger partial charge in [-0.15, -0.1) is 0 Å². The molecule has 6 heteroatoms. The summed E-state index contributed by atoms with van der Waals surface area (Å²) in [5, 5.41) is 0. The predicted molar refractivity (Wildman–Crippen MR) is 86.1 cm³/mol. The van der Waals surface area contributed by atoms with Crippen molar-refractivity contribution in [3.05, 3.63) is 0 Å². The zero-order valence-electron chi connectivity index (χ0n) is 14.8. The Morgan fingerprint density at radius 1 is 1.04 bits per heavy atom. The summed E-state index contributed by atoms with van der Waals surface area (Å²) >= 11 is 0. The second-order valence-corrected chi connectivity index (χ2v) is 6.59. The van der Waals surface area contributed by atoms with Crippen LogP contribution in [0.5, 0.6) is 0 Å². The molecule has 0 radical (unpaired) electrons. The number of halogens is 3. The van der Waals surface area contributed by atoms with Gasteiger partial charge in [-0.1, -0.05) is 27.7 Å². The highest BCUT2D eigenvalue weighted by Gasteiger charge is 2.43. The molecule has 23 heavy (non-hydrogen) atoms. The summed E-state index contributed by atoms with van der Waals surface area (Å²) in [5.41, 5.74) is 0. The summed E-state index contributed by atoms with van der Waals surface area (Å²) in [6, 6.07) is 0.200. The van der Waals surface area contributed by atoms with Crippen molar-refractivity contribution in [1.29, 1.82) is 0 Å². The van der Waals surface area contributed by atoms with Gasteiger partial charge in [0.15, 0.2) is 0 Å². The Morgan fingerprint density at radius 3 is 2.09 bits per heavy atom. The van der Waals surface area contributed by atoms with Crippen molar-refractivity contribution in [3.63, 3.8) is 0 Å². The number of alkyl halides is 3. The van der Waals surface area contributed by atoms with Crippen molar-refractivity contribution in [2.45, 2.75) is 65.6 Å². The van der Waals surface area contributed by atoms with Gasteiger partial charge in [0.25, 0.3) is 0 Å². The minimum absolute atomic E-state index is 0.00820.